The quantitative estimate of drug-likeness (QED) is 0.829. The molecule has 0 N–H and O–H groups in total. The SMILES string of the molecule is Cc1ccc(=O)n(CC2CN(C(=O)COc3ccccc3)C2)n1. The van der Waals surface area contributed by atoms with Gasteiger partial charge >= 0.3 is 0 Å². The first-order chi connectivity index (χ1) is 11.1. The van der Waals surface area contributed by atoms with Crippen LogP contribution in [0.4, 0.5) is 0 Å². The zero-order valence-electron chi connectivity index (χ0n) is 13.0. The summed E-state index contributed by atoms with van der Waals surface area (Å²) < 4.78 is 6.93. The lowest BCUT2D eigenvalue weighted by Gasteiger charge is -2.39. The second-order valence-corrected chi connectivity index (χ2v) is 5.76. The highest BCUT2D eigenvalue weighted by molar-refractivity contribution is 5.78. The van der Waals surface area contributed by atoms with E-state index >= 15 is 0 Å². The van der Waals surface area contributed by atoms with Crippen LogP contribution in [0, 0.1) is 12.8 Å². The monoisotopic (exact) mass is 313 g/mol. The van der Waals surface area contributed by atoms with Crippen molar-refractivity contribution in [2.45, 2.75) is 13.5 Å². The Morgan fingerprint density at radius 2 is 1.96 bits per heavy atom. The Hall–Kier alpha value is -2.63. The first-order valence-electron chi connectivity index (χ1n) is 7.62. The van der Waals surface area contributed by atoms with Crippen molar-refractivity contribution < 1.29 is 9.53 Å². The summed E-state index contributed by atoms with van der Waals surface area (Å²) in [7, 11) is 0. The summed E-state index contributed by atoms with van der Waals surface area (Å²) in [6.45, 7) is 3.72. The molecule has 1 saturated heterocycles. The van der Waals surface area contributed by atoms with Crippen LogP contribution in [0.3, 0.4) is 0 Å². The molecule has 6 heteroatoms. The maximum atomic E-state index is 12.0. The lowest BCUT2D eigenvalue weighted by atomic mass is 10.0. The number of hydrogen-bond donors (Lipinski definition) is 0. The van der Waals surface area contributed by atoms with E-state index in [1.807, 2.05) is 37.3 Å². The van der Waals surface area contributed by atoms with Gasteiger partial charge in [0.1, 0.15) is 5.75 Å². The van der Waals surface area contributed by atoms with Crippen LogP contribution in [0.2, 0.25) is 0 Å². The van der Waals surface area contributed by atoms with Crippen molar-refractivity contribution in [3.63, 3.8) is 0 Å². The summed E-state index contributed by atoms with van der Waals surface area (Å²) in [5.41, 5.74) is 0.709. The van der Waals surface area contributed by atoms with Gasteiger partial charge in [-0.1, -0.05) is 18.2 Å². The first-order valence-corrected chi connectivity index (χ1v) is 7.62. The van der Waals surface area contributed by atoms with Gasteiger partial charge in [-0.05, 0) is 25.1 Å². The van der Waals surface area contributed by atoms with E-state index in [1.165, 1.54) is 10.7 Å². The predicted molar refractivity (Wildman–Crippen MR) is 85.2 cm³/mol. The number of carbonyl (C=O) groups is 1. The molecular weight excluding hydrogens is 294 g/mol. The Morgan fingerprint density at radius 1 is 1.22 bits per heavy atom. The summed E-state index contributed by atoms with van der Waals surface area (Å²) in [4.78, 5) is 25.5. The number of benzene rings is 1. The first kappa shape index (κ1) is 15.3. The van der Waals surface area contributed by atoms with Crippen LogP contribution >= 0.6 is 0 Å². The molecule has 0 aliphatic carbocycles. The van der Waals surface area contributed by atoms with E-state index in [2.05, 4.69) is 5.10 Å². The number of para-hydroxylation sites is 1. The zero-order chi connectivity index (χ0) is 16.2. The number of nitrogens with zero attached hydrogens (tertiary/aromatic N) is 3. The number of amides is 1. The fraction of sp³-hybridized carbons (Fsp3) is 0.353. The highest BCUT2D eigenvalue weighted by Gasteiger charge is 2.31. The number of rotatable bonds is 5. The molecule has 0 unspecified atom stereocenters. The summed E-state index contributed by atoms with van der Waals surface area (Å²) >= 11 is 0. The third-order valence-corrected chi connectivity index (χ3v) is 3.85. The summed E-state index contributed by atoms with van der Waals surface area (Å²) in [5.74, 6) is 0.922. The Kier molecular flexibility index (Phi) is 4.41. The van der Waals surface area contributed by atoms with E-state index in [9.17, 15) is 9.59 Å². The molecule has 3 rings (SSSR count). The maximum Gasteiger partial charge on any atom is 0.266 e. The van der Waals surface area contributed by atoms with Gasteiger partial charge in [0.05, 0.1) is 12.2 Å². The molecule has 2 aromatic rings. The van der Waals surface area contributed by atoms with Gasteiger partial charge in [0.25, 0.3) is 11.5 Å². The molecule has 1 amide bonds. The topological polar surface area (TPSA) is 64.4 Å². The van der Waals surface area contributed by atoms with Gasteiger partial charge in [0.2, 0.25) is 0 Å². The molecule has 1 aliphatic heterocycles. The maximum absolute atomic E-state index is 12.0. The summed E-state index contributed by atoms with van der Waals surface area (Å²) in [6.07, 6.45) is 0. The summed E-state index contributed by atoms with van der Waals surface area (Å²) in [6, 6.07) is 12.5. The van der Waals surface area contributed by atoms with Crippen molar-refractivity contribution >= 4 is 5.91 Å². The predicted octanol–water partition coefficient (Wildman–Crippen LogP) is 1.09. The van der Waals surface area contributed by atoms with Crippen LogP contribution in [0.15, 0.2) is 47.3 Å². The molecule has 6 nitrogen and oxygen atoms in total. The number of likely N-dealkylation sites (tertiary alicyclic amines) is 1. The van der Waals surface area contributed by atoms with Gasteiger partial charge in [0, 0.05) is 25.1 Å². The molecule has 23 heavy (non-hydrogen) atoms. The van der Waals surface area contributed by atoms with Crippen LogP contribution in [0.1, 0.15) is 5.69 Å². The van der Waals surface area contributed by atoms with Crippen LogP contribution < -0.4 is 10.3 Å². The molecule has 0 radical (unpaired) electrons. The Balaban J connectivity index is 1.46. The minimum Gasteiger partial charge on any atom is -0.484 e. The number of carbonyl (C=O) groups excluding carboxylic acids is 1. The lowest BCUT2D eigenvalue weighted by molar-refractivity contribution is -0.140. The molecule has 0 saturated carbocycles. The molecule has 120 valence electrons. The van der Waals surface area contributed by atoms with E-state index in [-0.39, 0.29) is 24.0 Å². The molecule has 1 fully saturated rings. The minimum absolute atomic E-state index is 0.0327. The number of aryl methyl sites for hydroxylation is 1. The Labute approximate surface area is 134 Å². The van der Waals surface area contributed by atoms with Crippen molar-refractivity contribution in [2.24, 2.45) is 5.92 Å². The number of ether oxygens (including phenoxy) is 1. The van der Waals surface area contributed by atoms with Crippen LogP contribution in [0.25, 0.3) is 0 Å². The third kappa shape index (κ3) is 3.77. The van der Waals surface area contributed by atoms with Crippen molar-refractivity contribution in [2.75, 3.05) is 19.7 Å². The zero-order valence-corrected chi connectivity index (χ0v) is 13.0. The van der Waals surface area contributed by atoms with Crippen LogP contribution in [-0.2, 0) is 11.3 Å². The van der Waals surface area contributed by atoms with E-state index in [1.54, 1.807) is 11.0 Å². The second kappa shape index (κ2) is 6.64. The van der Waals surface area contributed by atoms with Gasteiger partial charge in [-0.25, -0.2) is 4.68 Å². The average molecular weight is 313 g/mol. The van der Waals surface area contributed by atoms with Gasteiger partial charge < -0.3 is 9.64 Å². The normalized spacial score (nSPS) is 14.4. The largest absolute Gasteiger partial charge is 0.484 e. The van der Waals surface area contributed by atoms with Crippen molar-refractivity contribution in [1.29, 1.82) is 0 Å². The Morgan fingerprint density at radius 3 is 2.70 bits per heavy atom. The van der Waals surface area contributed by atoms with E-state index < -0.39 is 0 Å². The van der Waals surface area contributed by atoms with E-state index in [4.69, 9.17) is 4.74 Å². The Bertz CT molecular complexity index is 736. The highest BCUT2D eigenvalue weighted by atomic mass is 16.5. The average Bonchev–Trinajstić information content (AvgIpc) is 2.52. The highest BCUT2D eigenvalue weighted by Crippen LogP contribution is 2.17. The summed E-state index contributed by atoms with van der Waals surface area (Å²) in [5, 5.41) is 4.22. The van der Waals surface area contributed by atoms with Gasteiger partial charge in [-0.3, -0.25) is 9.59 Å². The third-order valence-electron chi connectivity index (χ3n) is 3.85. The van der Waals surface area contributed by atoms with Gasteiger partial charge in [-0.2, -0.15) is 5.10 Å². The standard InChI is InChI=1S/C17H19N3O3/c1-13-7-8-16(21)20(18-13)11-14-9-19(10-14)17(22)12-23-15-5-3-2-4-6-15/h2-8,14H,9-12H2,1H3. The second-order valence-electron chi connectivity index (χ2n) is 5.76. The minimum atomic E-state index is -0.104. The molecule has 0 atom stereocenters. The number of aromatic nitrogens is 2. The molecular formula is C17H19N3O3. The van der Waals surface area contributed by atoms with Gasteiger partial charge in [-0.15, -0.1) is 0 Å². The molecule has 1 aromatic heterocycles. The van der Waals surface area contributed by atoms with Crippen LogP contribution in [0.5, 0.6) is 5.75 Å². The van der Waals surface area contributed by atoms with Crippen molar-refractivity contribution in [3.05, 3.63) is 58.5 Å². The van der Waals surface area contributed by atoms with Crippen molar-refractivity contribution in [3.8, 4) is 5.75 Å². The van der Waals surface area contributed by atoms with Gasteiger partial charge in [0.15, 0.2) is 6.61 Å². The smallest absolute Gasteiger partial charge is 0.266 e. The lowest BCUT2D eigenvalue weighted by Crippen LogP contribution is -2.53. The molecule has 0 bridgehead atoms. The van der Waals surface area contributed by atoms with E-state index in [0.717, 1.165) is 5.69 Å². The fourth-order valence-electron chi connectivity index (χ4n) is 2.57. The molecule has 1 aromatic carbocycles. The van der Waals surface area contributed by atoms with Crippen molar-refractivity contribution in [1.82, 2.24) is 14.7 Å². The van der Waals surface area contributed by atoms with Crippen LogP contribution in [-0.4, -0.2) is 40.3 Å². The fourth-order valence-corrected chi connectivity index (χ4v) is 2.57. The van der Waals surface area contributed by atoms with E-state index in [0.29, 0.717) is 25.4 Å². The molecule has 2 heterocycles. The molecule has 1 aliphatic rings. The molecule has 0 spiro atoms. The number of hydrogen-bond acceptors (Lipinski definition) is 4.